The van der Waals surface area contributed by atoms with Crippen LogP contribution >= 0.6 is 11.6 Å². The van der Waals surface area contributed by atoms with Crippen molar-refractivity contribution in [2.24, 2.45) is 0 Å². The monoisotopic (exact) mass is 346 g/mol. The lowest BCUT2D eigenvalue weighted by Crippen LogP contribution is -2.24. The number of nitrogens with two attached hydrogens (primary N) is 1. The summed E-state index contributed by atoms with van der Waals surface area (Å²) in [5.74, 6) is -0.442. The van der Waals surface area contributed by atoms with Crippen molar-refractivity contribution in [2.75, 3.05) is 18.9 Å². The molecule has 0 aliphatic heterocycles. The van der Waals surface area contributed by atoms with E-state index in [1.807, 2.05) is 0 Å². The molecular weight excluding hydrogens is 328 g/mol. The summed E-state index contributed by atoms with van der Waals surface area (Å²) >= 11 is 5.84. The van der Waals surface area contributed by atoms with Crippen molar-refractivity contribution < 1.29 is 14.3 Å². The molecule has 0 saturated carbocycles. The van der Waals surface area contributed by atoms with E-state index in [2.05, 4.69) is 5.32 Å². The first kappa shape index (κ1) is 18.0. The summed E-state index contributed by atoms with van der Waals surface area (Å²) in [6.07, 6.45) is 0. The fourth-order valence-electron chi connectivity index (χ4n) is 2.18. The maximum atomic E-state index is 12.5. The van der Waals surface area contributed by atoms with Gasteiger partial charge in [0.1, 0.15) is 0 Å². The Morgan fingerprint density at radius 1 is 1.12 bits per heavy atom. The van der Waals surface area contributed by atoms with Crippen molar-refractivity contribution in [1.29, 1.82) is 0 Å². The molecule has 0 fully saturated rings. The molecule has 24 heavy (non-hydrogen) atoms. The van der Waals surface area contributed by atoms with E-state index in [9.17, 15) is 9.59 Å². The van der Waals surface area contributed by atoms with E-state index < -0.39 is 0 Å². The second-order valence-electron chi connectivity index (χ2n) is 5.16. The summed E-state index contributed by atoms with van der Waals surface area (Å²) in [6, 6.07) is 11.8. The molecule has 6 heteroatoms. The van der Waals surface area contributed by atoms with Gasteiger partial charge >= 0.3 is 5.97 Å². The van der Waals surface area contributed by atoms with E-state index in [0.29, 0.717) is 35.0 Å². The number of ketones is 1. The quantitative estimate of drug-likeness (QED) is 0.457. The first-order chi connectivity index (χ1) is 11.5. The van der Waals surface area contributed by atoms with E-state index in [1.165, 1.54) is 0 Å². The summed E-state index contributed by atoms with van der Waals surface area (Å²) < 4.78 is 4.84. The fraction of sp³-hybridized carbons (Fsp3) is 0.222. The number of halogens is 1. The third kappa shape index (κ3) is 4.81. The number of ether oxygens (including phenoxy) is 1. The van der Waals surface area contributed by atoms with Crippen LogP contribution in [0.15, 0.2) is 42.5 Å². The molecule has 3 N–H and O–H groups in total. The van der Waals surface area contributed by atoms with Crippen LogP contribution in [0, 0.1) is 0 Å². The SMILES string of the molecule is CCOC(=O)CNCc1cc(C(=O)c2ccc(Cl)cc2)ccc1N. The lowest BCUT2D eigenvalue weighted by atomic mass is 10.0. The highest BCUT2D eigenvalue weighted by Crippen LogP contribution is 2.18. The number of esters is 1. The van der Waals surface area contributed by atoms with Gasteiger partial charge in [0, 0.05) is 28.4 Å². The van der Waals surface area contributed by atoms with Crippen LogP contribution in [0.1, 0.15) is 28.4 Å². The average molecular weight is 347 g/mol. The predicted molar refractivity (Wildman–Crippen MR) is 94.1 cm³/mol. The zero-order valence-corrected chi connectivity index (χ0v) is 14.1. The third-order valence-corrected chi connectivity index (χ3v) is 3.65. The number of benzene rings is 2. The van der Waals surface area contributed by atoms with Crippen molar-refractivity contribution in [1.82, 2.24) is 5.32 Å². The van der Waals surface area contributed by atoms with Gasteiger partial charge in [-0.15, -0.1) is 0 Å². The molecule has 0 radical (unpaired) electrons. The minimum Gasteiger partial charge on any atom is -0.465 e. The van der Waals surface area contributed by atoms with Crippen molar-refractivity contribution in [3.05, 3.63) is 64.2 Å². The molecule has 5 nitrogen and oxygen atoms in total. The Bertz CT molecular complexity index is 730. The largest absolute Gasteiger partial charge is 0.465 e. The van der Waals surface area contributed by atoms with Crippen molar-refractivity contribution in [3.8, 4) is 0 Å². The van der Waals surface area contributed by atoms with Crippen LogP contribution in [0.3, 0.4) is 0 Å². The Balaban J connectivity index is 2.08. The molecule has 0 aromatic heterocycles. The summed E-state index contributed by atoms with van der Waals surface area (Å²) in [7, 11) is 0. The van der Waals surface area contributed by atoms with E-state index in [4.69, 9.17) is 22.1 Å². The molecule has 0 saturated heterocycles. The maximum absolute atomic E-state index is 12.5. The molecule has 0 aliphatic carbocycles. The molecular formula is C18H19ClN2O3. The standard InChI is InChI=1S/C18H19ClN2O3/c1-2-24-17(22)11-21-10-14-9-13(5-8-16(14)20)18(23)12-3-6-15(19)7-4-12/h3-9,21H,2,10-11,20H2,1H3. The van der Waals surface area contributed by atoms with E-state index in [0.717, 1.165) is 5.56 Å². The first-order valence-corrected chi connectivity index (χ1v) is 7.94. The van der Waals surface area contributed by atoms with Gasteiger partial charge in [-0.05, 0) is 55.0 Å². The van der Waals surface area contributed by atoms with Crippen LogP contribution in [-0.4, -0.2) is 24.9 Å². The van der Waals surface area contributed by atoms with Gasteiger partial charge in [0.15, 0.2) is 5.78 Å². The molecule has 0 heterocycles. The number of nitrogens with one attached hydrogen (secondary N) is 1. The molecule has 126 valence electrons. The average Bonchev–Trinajstić information content (AvgIpc) is 2.57. The topological polar surface area (TPSA) is 81.4 Å². The van der Waals surface area contributed by atoms with Crippen molar-refractivity contribution in [2.45, 2.75) is 13.5 Å². The second-order valence-corrected chi connectivity index (χ2v) is 5.59. The summed E-state index contributed by atoms with van der Waals surface area (Å²) in [4.78, 5) is 23.8. The van der Waals surface area contributed by atoms with Gasteiger partial charge in [-0.3, -0.25) is 9.59 Å². The Hall–Kier alpha value is -2.37. The Kier molecular flexibility index (Phi) is 6.35. The minimum absolute atomic E-state index is 0.0860. The molecule has 0 spiro atoms. The van der Waals surface area contributed by atoms with Gasteiger partial charge in [-0.25, -0.2) is 0 Å². The third-order valence-electron chi connectivity index (χ3n) is 3.40. The number of hydrogen-bond donors (Lipinski definition) is 2. The summed E-state index contributed by atoms with van der Waals surface area (Å²) in [6.45, 7) is 2.55. The lowest BCUT2D eigenvalue weighted by Gasteiger charge is -2.10. The zero-order chi connectivity index (χ0) is 17.5. The van der Waals surface area contributed by atoms with Crippen LogP contribution in [-0.2, 0) is 16.1 Å². The van der Waals surface area contributed by atoms with E-state index in [-0.39, 0.29) is 18.3 Å². The summed E-state index contributed by atoms with van der Waals surface area (Å²) in [5.41, 5.74) is 8.32. The number of nitrogen functional groups attached to an aromatic ring is 1. The molecule has 0 unspecified atom stereocenters. The van der Waals surface area contributed by atoms with Crippen LogP contribution in [0.25, 0.3) is 0 Å². The van der Waals surface area contributed by atoms with Crippen molar-refractivity contribution >= 4 is 29.0 Å². The van der Waals surface area contributed by atoms with Crippen molar-refractivity contribution in [3.63, 3.8) is 0 Å². The zero-order valence-electron chi connectivity index (χ0n) is 13.3. The van der Waals surface area contributed by atoms with Gasteiger partial charge < -0.3 is 15.8 Å². The van der Waals surface area contributed by atoms with Crippen LogP contribution in [0.5, 0.6) is 0 Å². The number of carbonyl (C=O) groups is 2. The van der Waals surface area contributed by atoms with Gasteiger partial charge in [-0.1, -0.05) is 11.6 Å². The van der Waals surface area contributed by atoms with Gasteiger partial charge in [0.25, 0.3) is 0 Å². The minimum atomic E-state index is -0.329. The Morgan fingerprint density at radius 3 is 2.46 bits per heavy atom. The van der Waals surface area contributed by atoms with E-state index >= 15 is 0 Å². The molecule has 2 aromatic carbocycles. The number of anilines is 1. The first-order valence-electron chi connectivity index (χ1n) is 7.56. The molecule has 2 rings (SSSR count). The Labute approximate surface area is 145 Å². The smallest absolute Gasteiger partial charge is 0.319 e. The summed E-state index contributed by atoms with van der Waals surface area (Å²) in [5, 5.41) is 3.53. The molecule has 0 aliphatic rings. The lowest BCUT2D eigenvalue weighted by molar-refractivity contribution is -0.142. The maximum Gasteiger partial charge on any atom is 0.319 e. The predicted octanol–water partition coefficient (Wildman–Crippen LogP) is 2.81. The van der Waals surface area contributed by atoms with Gasteiger partial charge in [-0.2, -0.15) is 0 Å². The van der Waals surface area contributed by atoms with Gasteiger partial charge in [0.2, 0.25) is 0 Å². The fourth-order valence-corrected chi connectivity index (χ4v) is 2.31. The molecule has 0 bridgehead atoms. The highest BCUT2D eigenvalue weighted by Gasteiger charge is 2.11. The number of hydrogen-bond acceptors (Lipinski definition) is 5. The van der Waals surface area contributed by atoms with Crippen LogP contribution < -0.4 is 11.1 Å². The van der Waals surface area contributed by atoms with E-state index in [1.54, 1.807) is 49.4 Å². The van der Waals surface area contributed by atoms with Crippen LogP contribution in [0.4, 0.5) is 5.69 Å². The normalized spacial score (nSPS) is 10.4. The highest BCUT2D eigenvalue weighted by molar-refractivity contribution is 6.30. The number of carbonyl (C=O) groups excluding carboxylic acids is 2. The molecule has 2 aromatic rings. The Morgan fingerprint density at radius 2 is 1.79 bits per heavy atom. The molecule has 0 amide bonds. The second kappa shape index (κ2) is 8.47. The number of rotatable bonds is 7. The van der Waals surface area contributed by atoms with Gasteiger partial charge in [0.05, 0.1) is 13.2 Å². The highest BCUT2D eigenvalue weighted by atomic mass is 35.5. The molecule has 0 atom stereocenters. The van der Waals surface area contributed by atoms with Crippen LogP contribution in [0.2, 0.25) is 5.02 Å².